The first-order chi connectivity index (χ1) is 7.03. The highest BCUT2D eigenvalue weighted by atomic mass is 14.9. The SMILES string of the molecule is CCC(C)(C)CNCc1ccc(C)nc1. The van der Waals surface area contributed by atoms with E-state index in [2.05, 4.69) is 43.2 Å². The molecule has 0 aliphatic rings. The fourth-order valence-corrected chi connectivity index (χ4v) is 1.27. The van der Waals surface area contributed by atoms with Gasteiger partial charge in [0, 0.05) is 25.0 Å². The van der Waals surface area contributed by atoms with Gasteiger partial charge < -0.3 is 5.32 Å². The van der Waals surface area contributed by atoms with Gasteiger partial charge in [0.15, 0.2) is 0 Å². The van der Waals surface area contributed by atoms with Crippen LogP contribution in [0.4, 0.5) is 0 Å². The van der Waals surface area contributed by atoms with Crippen LogP contribution in [0.3, 0.4) is 0 Å². The van der Waals surface area contributed by atoms with Gasteiger partial charge in [-0.05, 0) is 30.4 Å². The van der Waals surface area contributed by atoms with Gasteiger partial charge in [0.2, 0.25) is 0 Å². The molecule has 1 heterocycles. The van der Waals surface area contributed by atoms with Crippen molar-refractivity contribution >= 4 is 0 Å². The lowest BCUT2D eigenvalue weighted by Gasteiger charge is -2.22. The Morgan fingerprint density at radius 2 is 2.07 bits per heavy atom. The van der Waals surface area contributed by atoms with Gasteiger partial charge in [-0.1, -0.05) is 26.8 Å². The summed E-state index contributed by atoms with van der Waals surface area (Å²) in [5.74, 6) is 0. The predicted molar refractivity (Wildman–Crippen MR) is 64.8 cm³/mol. The molecule has 0 aliphatic carbocycles. The van der Waals surface area contributed by atoms with Gasteiger partial charge in [-0.2, -0.15) is 0 Å². The standard InChI is InChI=1S/C13H22N2/c1-5-13(3,4)10-14-8-12-7-6-11(2)15-9-12/h6-7,9,14H,5,8,10H2,1-4H3. The summed E-state index contributed by atoms with van der Waals surface area (Å²) >= 11 is 0. The number of rotatable bonds is 5. The molecule has 0 aromatic carbocycles. The highest BCUT2D eigenvalue weighted by Gasteiger charge is 2.13. The van der Waals surface area contributed by atoms with Crippen molar-refractivity contribution in [1.29, 1.82) is 0 Å². The van der Waals surface area contributed by atoms with Crippen molar-refractivity contribution in [2.75, 3.05) is 6.54 Å². The lowest BCUT2D eigenvalue weighted by molar-refractivity contribution is 0.327. The maximum absolute atomic E-state index is 4.27. The molecule has 1 rings (SSSR count). The highest BCUT2D eigenvalue weighted by Crippen LogP contribution is 2.17. The largest absolute Gasteiger partial charge is 0.312 e. The number of nitrogens with zero attached hydrogens (tertiary/aromatic N) is 1. The van der Waals surface area contributed by atoms with Gasteiger partial charge in [0.05, 0.1) is 0 Å². The van der Waals surface area contributed by atoms with Gasteiger partial charge in [-0.15, -0.1) is 0 Å². The third-order valence-electron chi connectivity index (χ3n) is 2.86. The van der Waals surface area contributed by atoms with Crippen LogP contribution in [0.25, 0.3) is 0 Å². The molecule has 0 radical (unpaired) electrons. The summed E-state index contributed by atoms with van der Waals surface area (Å²) < 4.78 is 0. The quantitative estimate of drug-likeness (QED) is 0.801. The summed E-state index contributed by atoms with van der Waals surface area (Å²) in [7, 11) is 0. The number of hydrogen-bond donors (Lipinski definition) is 1. The number of hydrogen-bond acceptors (Lipinski definition) is 2. The summed E-state index contributed by atoms with van der Waals surface area (Å²) in [6.07, 6.45) is 3.15. The zero-order chi connectivity index (χ0) is 11.3. The molecule has 0 aliphatic heterocycles. The number of aromatic nitrogens is 1. The van der Waals surface area contributed by atoms with Gasteiger partial charge in [0.25, 0.3) is 0 Å². The zero-order valence-corrected chi connectivity index (χ0v) is 10.3. The Labute approximate surface area is 93.1 Å². The average molecular weight is 206 g/mol. The molecule has 0 spiro atoms. The molecule has 1 aromatic heterocycles. The Bertz CT molecular complexity index is 288. The van der Waals surface area contributed by atoms with E-state index in [0.717, 1.165) is 18.8 Å². The van der Waals surface area contributed by atoms with Crippen LogP contribution in [0.5, 0.6) is 0 Å². The first-order valence-electron chi connectivity index (χ1n) is 5.66. The Hall–Kier alpha value is -0.890. The molecule has 84 valence electrons. The molecule has 0 fully saturated rings. The molecule has 2 nitrogen and oxygen atoms in total. The van der Waals surface area contributed by atoms with E-state index < -0.39 is 0 Å². The monoisotopic (exact) mass is 206 g/mol. The number of nitrogens with one attached hydrogen (secondary N) is 1. The maximum Gasteiger partial charge on any atom is 0.0372 e. The average Bonchev–Trinajstić information content (AvgIpc) is 2.21. The van der Waals surface area contributed by atoms with Crippen molar-refractivity contribution in [2.24, 2.45) is 5.41 Å². The Balaban J connectivity index is 2.35. The molecule has 0 atom stereocenters. The van der Waals surface area contributed by atoms with Crippen LogP contribution in [0.15, 0.2) is 18.3 Å². The van der Waals surface area contributed by atoms with E-state index in [1.165, 1.54) is 12.0 Å². The smallest absolute Gasteiger partial charge is 0.0372 e. The lowest BCUT2D eigenvalue weighted by Crippen LogP contribution is -2.28. The van der Waals surface area contributed by atoms with E-state index in [1.54, 1.807) is 0 Å². The van der Waals surface area contributed by atoms with Gasteiger partial charge in [-0.3, -0.25) is 4.98 Å². The zero-order valence-electron chi connectivity index (χ0n) is 10.3. The summed E-state index contributed by atoms with van der Waals surface area (Å²) in [4.78, 5) is 4.27. The van der Waals surface area contributed by atoms with E-state index in [1.807, 2.05) is 13.1 Å². The lowest BCUT2D eigenvalue weighted by atomic mass is 9.90. The minimum Gasteiger partial charge on any atom is -0.312 e. The molecule has 1 aromatic rings. The van der Waals surface area contributed by atoms with Gasteiger partial charge in [-0.25, -0.2) is 0 Å². The van der Waals surface area contributed by atoms with Crippen molar-refractivity contribution in [2.45, 2.75) is 40.7 Å². The van der Waals surface area contributed by atoms with Crippen molar-refractivity contribution < 1.29 is 0 Å². The van der Waals surface area contributed by atoms with E-state index in [9.17, 15) is 0 Å². The molecule has 15 heavy (non-hydrogen) atoms. The topological polar surface area (TPSA) is 24.9 Å². The maximum atomic E-state index is 4.27. The fourth-order valence-electron chi connectivity index (χ4n) is 1.27. The van der Waals surface area contributed by atoms with E-state index in [-0.39, 0.29) is 0 Å². The molecule has 2 heteroatoms. The van der Waals surface area contributed by atoms with Crippen LogP contribution >= 0.6 is 0 Å². The van der Waals surface area contributed by atoms with Crippen molar-refractivity contribution in [3.05, 3.63) is 29.6 Å². The van der Waals surface area contributed by atoms with Crippen LogP contribution in [-0.2, 0) is 6.54 Å². The fraction of sp³-hybridized carbons (Fsp3) is 0.615. The molecular formula is C13H22N2. The minimum absolute atomic E-state index is 0.387. The summed E-state index contributed by atoms with van der Waals surface area (Å²) in [5.41, 5.74) is 2.72. The Morgan fingerprint density at radius 1 is 1.33 bits per heavy atom. The molecule has 0 saturated carbocycles. The second-order valence-electron chi connectivity index (χ2n) is 4.93. The van der Waals surface area contributed by atoms with Crippen molar-refractivity contribution in [3.8, 4) is 0 Å². The first-order valence-corrected chi connectivity index (χ1v) is 5.66. The summed E-state index contributed by atoms with van der Waals surface area (Å²) in [6.45, 7) is 10.8. The summed E-state index contributed by atoms with van der Waals surface area (Å²) in [6, 6.07) is 4.19. The van der Waals surface area contributed by atoms with Gasteiger partial charge >= 0.3 is 0 Å². The molecular weight excluding hydrogens is 184 g/mol. The minimum atomic E-state index is 0.387. The number of aryl methyl sites for hydroxylation is 1. The molecule has 1 N–H and O–H groups in total. The summed E-state index contributed by atoms with van der Waals surface area (Å²) in [5, 5.41) is 3.47. The normalized spacial score (nSPS) is 11.7. The van der Waals surface area contributed by atoms with Crippen LogP contribution in [0, 0.1) is 12.3 Å². The third-order valence-corrected chi connectivity index (χ3v) is 2.86. The van der Waals surface area contributed by atoms with Gasteiger partial charge in [0.1, 0.15) is 0 Å². The van der Waals surface area contributed by atoms with Crippen LogP contribution < -0.4 is 5.32 Å². The molecule has 0 unspecified atom stereocenters. The third kappa shape index (κ3) is 4.43. The number of pyridine rings is 1. The van der Waals surface area contributed by atoms with Crippen LogP contribution in [0.2, 0.25) is 0 Å². The van der Waals surface area contributed by atoms with E-state index >= 15 is 0 Å². The molecule has 0 saturated heterocycles. The first kappa shape index (κ1) is 12.2. The second-order valence-corrected chi connectivity index (χ2v) is 4.93. The van der Waals surface area contributed by atoms with E-state index in [4.69, 9.17) is 0 Å². The Kier molecular flexibility index (Phi) is 4.28. The van der Waals surface area contributed by atoms with Crippen molar-refractivity contribution in [1.82, 2.24) is 10.3 Å². The Morgan fingerprint density at radius 3 is 2.60 bits per heavy atom. The molecule has 0 bridgehead atoms. The van der Waals surface area contributed by atoms with Crippen LogP contribution in [-0.4, -0.2) is 11.5 Å². The highest BCUT2D eigenvalue weighted by molar-refractivity contribution is 5.12. The van der Waals surface area contributed by atoms with Crippen LogP contribution in [0.1, 0.15) is 38.4 Å². The predicted octanol–water partition coefficient (Wildman–Crippen LogP) is 2.92. The van der Waals surface area contributed by atoms with E-state index in [0.29, 0.717) is 5.41 Å². The van der Waals surface area contributed by atoms with Crippen molar-refractivity contribution in [3.63, 3.8) is 0 Å². The molecule has 0 amide bonds. The second kappa shape index (κ2) is 5.26.